The van der Waals surface area contributed by atoms with Gasteiger partial charge in [-0.3, -0.25) is 14.5 Å². The van der Waals surface area contributed by atoms with Gasteiger partial charge in [0.2, 0.25) is 5.91 Å². The third kappa shape index (κ3) is 3.82. The summed E-state index contributed by atoms with van der Waals surface area (Å²) >= 11 is 0. The summed E-state index contributed by atoms with van der Waals surface area (Å²) < 4.78 is 0. The van der Waals surface area contributed by atoms with Crippen molar-refractivity contribution in [2.24, 2.45) is 5.92 Å². The van der Waals surface area contributed by atoms with Gasteiger partial charge < -0.3 is 9.88 Å². The largest absolute Gasteiger partial charge is 0.333 e. The van der Waals surface area contributed by atoms with Crippen LogP contribution in [-0.2, 0) is 17.8 Å². The highest BCUT2D eigenvalue weighted by atomic mass is 16.2. The Bertz CT molecular complexity index is 751. The molecule has 1 aromatic heterocycles. The highest BCUT2D eigenvalue weighted by molar-refractivity contribution is 5.77. The molecule has 1 N–H and O–H groups in total. The summed E-state index contributed by atoms with van der Waals surface area (Å²) in [5.74, 6) is 1.50. The Kier molecular flexibility index (Phi) is 5.35. The lowest BCUT2D eigenvalue weighted by Crippen LogP contribution is -2.40. The molecular weight excluding hydrogens is 340 g/mol. The summed E-state index contributed by atoms with van der Waals surface area (Å²) in [6.07, 6.45) is 8.25. The van der Waals surface area contributed by atoms with Crippen LogP contribution in [0.2, 0.25) is 0 Å². The number of carbonyl (C=O) groups is 1. The second-order valence-corrected chi connectivity index (χ2v) is 8.79. The number of H-pyrrole nitrogens is 1. The molecule has 1 aromatic rings. The molecule has 1 saturated carbocycles. The van der Waals surface area contributed by atoms with E-state index in [4.69, 9.17) is 4.98 Å². The molecule has 6 nitrogen and oxygen atoms in total. The van der Waals surface area contributed by atoms with Crippen LogP contribution in [-0.4, -0.2) is 44.8 Å². The van der Waals surface area contributed by atoms with Crippen molar-refractivity contribution in [3.63, 3.8) is 0 Å². The van der Waals surface area contributed by atoms with Crippen molar-refractivity contribution in [3.8, 4) is 0 Å². The molecule has 3 heterocycles. The first-order chi connectivity index (χ1) is 13.0. The van der Waals surface area contributed by atoms with Crippen LogP contribution in [0.1, 0.15) is 81.9 Å². The van der Waals surface area contributed by atoms with E-state index in [0.717, 1.165) is 43.6 Å². The van der Waals surface area contributed by atoms with Crippen LogP contribution in [0.3, 0.4) is 0 Å². The molecule has 1 aliphatic carbocycles. The fraction of sp³-hybridized carbons (Fsp3) is 0.762. The number of fused-ring (bicyclic) bond motifs is 1. The number of nitrogens with one attached hydrogen (secondary N) is 1. The van der Waals surface area contributed by atoms with Crippen molar-refractivity contribution in [1.82, 2.24) is 19.8 Å². The second kappa shape index (κ2) is 7.74. The molecule has 3 aliphatic rings. The standard InChI is InChI=1S/C21H32N4O2/c1-14(2)24-11-9-17-16(13-24)21(27)23-20(22-17)18-8-5-10-25(18)19(26)12-15-6-3-4-7-15/h14-15,18H,3-13H2,1-2H3,(H,22,23,27). The van der Waals surface area contributed by atoms with Crippen molar-refractivity contribution in [3.05, 3.63) is 27.4 Å². The van der Waals surface area contributed by atoms with Crippen molar-refractivity contribution in [2.45, 2.75) is 83.8 Å². The third-order valence-corrected chi connectivity index (χ3v) is 6.67. The van der Waals surface area contributed by atoms with Crippen LogP contribution in [0.5, 0.6) is 0 Å². The van der Waals surface area contributed by atoms with E-state index in [1.165, 1.54) is 25.7 Å². The van der Waals surface area contributed by atoms with Gasteiger partial charge in [-0.15, -0.1) is 0 Å². The van der Waals surface area contributed by atoms with Crippen LogP contribution in [0, 0.1) is 5.92 Å². The molecular formula is C21H32N4O2. The van der Waals surface area contributed by atoms with Gasteiger partial charge in [-0.1, -0.05) is 12.8 Å². The monoisotopic (exact) mass is 372 g/mol. The van der Waals surface area contributed by atoms with Gasteiger partial charge in [0.15, 0.2) is 0 Å². The molecule has 1 saturated heterocycles. The molecule has 0 spiro atoms. The molecule has 27 heavy (non-hydrogen) atoms. The number of hydrogen-bond donors (Lipinski definition) is 1. The highest BCUT2D eigenvalue weighted by Crippen LogP contribution is 2.34. The number of carbonyl (C=O) groups excluding carboxylic acids is 1. The molecule has 6 heteroatoms. The number of nitrogens with zero attached hydrogens (tertiary/aromatic N) is 3. The van der Waals surface area contributed by atoms with Gasteiger partial charge in [0.1, 0.15) is 5.82 Å². The van der Waals surface area contributed by atoms with E-state index >= 15 is 0 Å². The summed E-state index contributed by atoms with van der Waals surface area (Å²) in [6.45, 7) is 6.72. The summed E-state index contributed by atoms with van der Waals surface area (Å²) in [4.78, 5) is 37.8. The van der Waals surface area contributed by atoms with E-state index in [1.54, 1.807) is 0 Å². The van der Waals surface area contributed by atoms with Gasteiger partial charge in [0.25, 0.3) is 5.56 Å². The Hall–Kier alpha value is -1.69. The van der Waals surface area contributed by atoms with E-state index in [2.05, 4.69) is 23.7 Å². The Labute approximate surface area is 161 Å². The zero-order chi connectivity index (χ0) is 19.0. The van der Waals surface area contributed by atoms with Crippen molar-refractivity contribution < 1.29 is 4.79 Å². The summed E-state index contributed by atoms with van der Waals surface area (Å²) in [5.41, 5.74) is 1.72. The molecule has 0 radical (unpaired) electrons. The Morgan fingerprint density at radius 3 is 2.70 bits per heavy atom. The Morgan fingerprint density at radius 1 is 1.19 bits per heavy atom. The fourth-order valence-electron chi connectivity index (χ4n) is 4.99. The topological polar surface area (TPSA) is 69.3 Å². The van der Waals surface area contributed by atoms with Crippen LogP contribution in [0.4, 0.5) is 0 Å². The van der Waals surface area contributed by atoms with Crippen LogP contribution < -0.4 is 5.56 Å². The molecule has 0 aromatic carbocycles. The Morgan fingerprint density at radius 2 is 1.96 bits per heavy atom. The van der Waals surface area contributed by atoms with E-state index in [-0.39, 0.29) is 17.5 Å². The maximum atomic E-state index is 12.9. The average molecular weight is 373 g/mol. The Balaban J connectivity index is 1.53. The quantitative estimate of drug-likeness (QED) is 0.882. The first kappa shape index (κ1) is 18.7. The first-order valence-electron chi connectivity index (χ1n) is 10.7. The van der Waals surface area contributed by atoms with E-state index in [9.17, 15) is 9.59 Å². The molecule has 1 atom stereocenters. The van der Waals surface area contributed by atoms with E-state index < -0.39 is 0 Å². The predicted octanol–water partition coefficient (Wildman–Crippen LogP) is 2.78. The molecule has 1 amide bonds. The lowest BCUT2D eigenvalue weighted by atomic mass is 10.0. The van der Waals surface area contributed by atoms with Gasteiger partial charge >= 0.3 is 0 Å². The van der Waals surface area contributed by atoms with Crippen molar-refractivity contribution in [1.29, 1.82) is 0 Å². The highest BCUT2D eigenvalue weighted by Gasteiger charge is 2.34. The normalized spacial score (nSPS) is 24.0. The first-order valence-corrected chi connectivity index (χ1v) is 10.7. The molecule has 2 aliphatic heterocycles. The van der Waals surface area contributed by atoms with Crippen LogP contribution >= 0.6 is 0 Å². The van der Waals surface area contributed by atoms with Crippen molar-refractivity contribution >= 4 is 5.91 Å². The van der Waals surface area contributed by atoms with Gasteiger partial charge in [0.05, 0.1) is 17.3 Å². The summed E-state index contributed by atoms with van der Waals surface area (Å²) in [7, 11) is 0. The number of likely N-dealkylation sites (tertiary alicyclic amines) is 1. The summed E-state index contributed by atoms with van der Waals surface area (Å²) in [6, 6.07) is 0.371. The van der Waals surface area contributed by atoms with Gasteiger partial charge in [-0.05, 0) is 45.4 Å². The van der Waals surface area contributed by atoms with E-state index in [0.29, 0.717) is 30.7 Å². The molecule has 1 unspecified atom stereocenters. The average Bonchev–Trinajstić information content (AvgIpc) is 3.32. The molecule has 148 valence electrons. The smallest absolute Gasteiger partial charge is 0.255 e. The van der Waals surface area contributed by atoms with Gasteiger partial charge in [0, 0.05) is 38.5 Å². The second-order valence-electron chi connectivity index (χ2n) is 8.79. The molecule has 0 bridgehead atoms. The van der Waals surface area contributed by atoms with Crippen LogP contribution in [0.25, 0.3) is 0 Å². The van der Waals surface area contributed by atoms with Gasteiger partial charge in [-0.25, -0.2) is 4.98 Å². The zero-order valence-electron chi connectivity index (χ0n) is 16.7. The minimum Gasteiger partial charge on any atom is -0.333 e. The van der Waals surface area contributed by atoms with Gasteiger partial charge in [-0.2, -0.15) is 0 Å². The number of amides is 1. The van der Waals surface area contributed by atoms with Crippen LogP contribution in [0.15, 0.2) is 4.79 Å². The lowest BCUT2D eigenvalue weighted by molar-refractivity contribution is -0.133. The third-order valence-electron chi connectivity index (χ3n) is 6.67. The molecule has 2 fully saturated rings. The maximum absolute atomic E-state index is 12.9. The fourth-order valence-corrected chi connectivity index (χ4v) is 4.99. The molecule has 4 rings (SSSR count). The number of hydrogen-bond acceptors (Lipinski definition) is 4. The van der Waals surface area contributed by atoms with E-state index in [1.807, 2.05) is 4.90 Å². The van der Waals surface area contributed by atoms with Crippen molar-refractivity contribution in [2.75, 3.05) is 13.1 Å². The lowest BCUT2D eigenvalue weighted by Gasteiger charge is -2.31. The number of aromatic nitrogens is 2. The summed E-state index contributed by atoms with van der Waals surface area (Å²) in [5, 5.41) is 0. The SMILES string of the molecule is CC(C)N1CCc2nc(C3CCCN3C(=O)CC3CCCC3)[nH]c(=O)c2C1. The minimum absolute atomic E-state index is 0.0181. The minimum atomic E-state index is -0.0555. The maximum Gasteiger partial charge on any atom is 0.255 e. The number of rotatable bonds is 4. The zero-order valence-corrected chi connectivity index (χ0v) is 16.7. The predicted molar refractivity (Wildman–Crippen MR) is 104 cm³/mol. The number of aromatic amines is 1.